The second-order valence-corrected chi connectivity index (χ2v) is 8.69. The zero-order valence-corrected chi connectivity index (χ0v) is 17.2. The van der Waals surface area contributed by atoms with Crippen molar-refractivity contribution in [3.05, 3.63) is 53.4 Å². The van der Waals surface area contributed by atoms with Crippen molar-refractivity contribution >= 4 is 32.5 Å². The number of nitrogens with one attached hydrogen (secondary N) is 1. The SMILES string of the molecule is COc1ccc(OC)c(/C=N/Nc2nc(-c3ccc(S(C)(=O)=O)cc3)cs2)c1. The van der Waals surface area contributed by atoms with Crippen LogP contribution in [0.4, 0.5) is 5.13 Å². The molecule has 0 saturated heterocycles. The van der Waals surface area contributed by atoms with Gasteiger partial charge in [-0.05, 0) is 30.3 Å². The standard InChI is InChI=1S/C19H19N3O4S2/c1-25-15-6-9-18(26-2)14(10-15)11-20-22-19-21-17(12-27-19)13-4-7-16(8-5-13)28(3,23)24/h4-12H,1-3H3,(H,21,22)/b20-11+. The van der Waals surface area contributed by atoms with E-state index in [4.69, 9.17) is 9.47 Å². The first kappa shape index (κ1) is 19.8. The Kier molecular flexibility index (Phi) is 5.96. The van der Waals surface area contributed by atoms with E-state index in [0.29, 0.717) is 16.6 Å². The van der Waals surface area contributed by atoms with E-state index in [1.807, 2.05) is 23.6 Å². The quantitative estimate of drug-likeness (QED) is 0.466. The van der Waals surface area contributed by atoms with Gasteiger partial charge < -0.3 is 9.47 Å². The third-order valence-electron chi connectivity index (χ3n) is 3.88. The number of anilines is 1. The van der Waals surface area contributed by atoms with E-state index in [9.17, 15) is 8.42 Å². The van der Waals surface area contributed by atoms with Crippen LogP contribution in [0.5, 0.6) is 11.5 Å². The van der Waals surface area contributed by atoms with E-state index in [2.05, 4.69) is 15.5 Å². The van der Waals surface area contributed by atoms with Crippen LogP contribution < -0.4 is 14.9 Å². The number of thiazole rings is 1. The van der Waals surface area contributed by atoms with E-state index < -0.39 is 9.84 Å². The molecule has 0 aliphatic rings. The molecule has 0 unspecified atom stereocenters. The van der Waals surface area contributed by atoms with Crippen LogP contribution in [-0.2, 0) is 9.84 Å². The molecule has 1 heterocycles. The lowest BCUT2D eigenvalue weighted by atomic mass is 10.2. The predicted octanol–water partition coefficient (Wildman–Crippen LogP) is 3.68. The van der Waals surface area contributed by atoms with Crippen molar-refractivity contribution in [1.29, 1.82) is 0 Å². The number of benzene rings is 2. The summed E-state index contributed by atoms with van der Waals surface area (Å²) in [5.41, 5.74) is 5.23. The van der Waals surface area contributed by atoms with Crippen LogP contribution in [0, 0.1) is 0 Å². The lowest BCUT2D eigenvalue weighted by Gasteiger charge is -2.06. The molecular weight excluding hydrogens is 398 g/mol. The van der Waals surface area contributed by atoms with Gasteiger partial charge in [-0.15, -0.1) is 11.3 Å². The largest absolute Gasteiger partial charge is 0.497 e. The molecule has 146 valence electrons. The molecule has 3 aromatic rings. The molecule has 0 radical (unpaired) electrons. The molecule has 3 rings (SSSR count). The normalized spacial score (nSPS) is 11.5. The molecule has 0 aliphatic heterocycles. The van der Waals surface area contributed by atoms with Gasteiger partial charge in [0.25, 0.3) is 0 Å². The van der Waals surface area contributed by atoms with Crippen LogP contribution in [-0.4, -0.2) is 40.1 Å². The Morgan fingerprint density at radius 3 is 2.50 bits per heavy atom. The highest BCUT2D eigenvalue weighted by Crippen LogP contribution is 2.26. The van der Waals surface area contributed by atoms with E-state index in [0.717, 1.165) is 16.8 Å². The number of methoxy groups -OCH3 is 2. The van der Waals surface area contributed by atoms with Gasteiger partial charge in [-0.25, -0.2) is 13.4 Å². The van der Waals surface area contributed by atoms with Crippen molar-refractivity contribution in [2.24, 2.45) is 5.10 Å². The first-order valence-electron chi connectivity index (χ1n) is 8.18. The van der Waals surface area contributed by atoms with Gasteiger partial charge in [0.1, 0.15) is 11.5 Å². The fraction of sp³-hybridized carbons (Fsp3) is 0.158. The molecule has 7 nitrogen and oxygen atoms in total. The summed E-state index contributed by atoms with van der Waals surface area (Å²) in [6, 6.07) is 12.1. The summed E-state index contributed by atoms with van der Waals surface area (Å²) < 4.78 is 33.6. The fourth-order valence-corrected chi connectivity index (χ4v) is 3.73. The molecule has 1 aromatic heterocycles. The van der Waals surface area contributed by atoms with Crippen molar-refractivity contribution in [2.45, 2.75) is 4.90 Å². The van der Waals surface area contributed by atoms with Gasteiger partial charge >= 0.3 is 0 Å². The van der Waals surface area contributed by atoms with Gasteiger partial charge in [-0.3, -0.25) is 5.43 Å². The second-order valence-electron chi connectivity index (χ2n) is 5.81. The molecule has 28 heavy (non-hydrogen) atoms. The maximum absolute atomic E-state index is 11.5. The monoisotopic (exact) mass is 417 g/mol. The first-order chi connectivity index (χ1) is 13.4. The summed E-state index contributed by atoms with van der Waals surface area (Å²) >= 11 is 1.40. The van der Waals surface area contributed by atoms with Crippen molar-refractivity contribution in [1.82, 2.24) is 4.98 Å². The number of ether oxygens (including phenoxy) is 2. The summed E-state index contributed by atoms with van der Waals surface area (Å²) in [5, 5.41) is 6.69. The summed E-state index contributed by atoms with van der Waals surface area (Å²) in [4.78, 5) is 4.75. The lowest BCUT2D eigenvalue weighted by Crippen LogP contribution is -1.96. The number of hydrogen-bond donors (Lipinski definition) is 1. The van der Waals surface area contributed by atoms with Crippen LogP contribution in [0.15, 0.2) is 57.8 Å². The fourth-order valence-electron chi connectivity index (χ4n) is 2.43. The highest BCUT2D eigenvalue weighted by molar-refractivity contribution is 7.90. The number of hydrogen-bond acceptors (Lipinski definition) is 8. The van der Waals surface area contributed by atoms with Gasteiger partial charge in [-0.2, -0.15) is 5.10 Å². The molecule has 0 spiro atoms. The third-order valence-corrected chi connectivity index (χ3v) is 5.76. The van der Waals surface area contributed by atoms with Gasteiger partial charge in [0.2, 0.25) is 5.13 Å². The van der Waals surface area contributed by atoms with E-state index in [1.165, 1.54) is 17.6 Å². The highest BCUT2D eigenvalue weighted by Gasteiger charge is 2.09. The Hall–Kier alpha value is -2.91. The molecule has 0 fully saturated rings. The van der Waals surface area contributed by atoms with E-state index in [-0.39, 0.29) is 4.90 Å². The van der Waals surface area contributed by atoms with Crippen molar-refractivity contribution in [3.8, 4) is 22.8 Å². The molecule has 9 heteroatoms. The minimum absolute atomic E-state index is 0.279. The summed E-state index contributed by atoms with van der Waals surface area (Å²) in [6.45, 7) is 0. The van der Waals surface area contributed by atoms with Crippen LogP contribution >= 0.6 is 11.3 Å². The molecular formula is C19H19N3O4S2. The van der Waals surface area contributed by atoms with Crippen molar-refractivity contribution < 1.29 is 17.9 Å². The molecule has 1 N–H and O–H groups in total. The highest BCUT2D eigenvalue weighted by atomic mass is 32.2. The molecule has 0 bridgehead atoms. The topological polar surface area (TPSA) is 89.9 Å². The van der Waals surface area contributed by atoms with Gasteiger partial charge in [0, 0.05) is 22.8 Å². The van der Waals surface area contributed by atoms with Gasteiger partial charge in [0.15, 0.2) is 9.84 Å². The number of aromatic nitrogens is 1. The second kappa shape index (κ2) is 8.41. The average molecular weight is 418 g/mol. The Bertz CT molecular complexity index is 1090. The Balaban J connectivity index is 1.72. The van der Waals surface area contributed by atoms with Crippen LogP contribution in [0.3, 0.4) is 0 Å². The number of rotatable bonds is 7. The molecule has 2 aromatic carbocycles. The number of nitrogens with zero attached hydrogens (tertiary/aromatic N) is 2. The Morgan fingerprint density at radius 2 is 1.86 bits per heavy atom. The smallest absolute Gasteiger partial charge is 0.203 e. The van der Waals surface area contributed by atoms with E-state index >= 15 is 0 Å². The lowest BCUT2D eigenvalue weighted by molar-refractivity contribution is 0.402. The summed E-state index contributed by atoms with van der Waals surface area (Å²) in [5.74, 6) is 1.38. The Labute approximate surface area is 167 Å². The van der Waals surface area contributed by atoms with Gasteiger partial charge in [0.05, 0.1) is 31.0 Å². The van der Waals surface area contributed by atoms with Crippen molar-refractivity contribution in [3.63, 3.8) is 0 Å². The summed E-state index contributed by atoms with van der Waals surface area (Å²) in [6.07, 6.45) is 2.81. The van der Waals surface area contributed by atoms with Gasteiger partial charge in [-0.1, -0.05) is 12.1 Å². The molecule has 0 amide bonds. The predicted molar refractivity (Wildman–Crippen MR) is 111 cm³/mol. The number of sulfone groups is 1. The zero-order chi connectivity index (χ0) is 20.1. The average Bonchev–Trinajstić information content (AvgIpc) is 3.16. The first-order valence-corrected chi connectivity index (χ1v) is 10.9. The Morgan fingerprint density at radius 1 is 1.11 bits per heavy atom. The maximum Gasteiger partial charge on any atom is 0.203 e. The zero-order valence-electron chi connectivity index (χ0n) is 15.5. The number of hydrazone groups is 1. The molecule has 0 saturated carbocycles. The minimum Gasteiger partial charge on any atom is -0.497 e. The van der Waals surface area contributed by atoms with E-state index in [1.54, 1.807) is 44.7 Å². The maximum atomic E-state index is 11.5. The minimum atomic E-state index is -3.21. The van der Waals surface area contributed by atoms with Crippen LogP contribution in [0.1, 0.15) is 5.56 Å². The third kappa shape index (κ3) is 4.68. The van der Waals surface area contributed by atoms with Crippen LogP contribution in [0.2, 0.25) is 0 Å². The molecule has 0 aliphatic carbocycles. The molecule has 0 atom stereocenters. The van der Waals surface area contributed by atoms with Crippen LogP contribution in [0.25, 0.3) is 11.3 Å². The van der Waals surface area contributed by atoms with Crippen molar-refractivity contribution in [2.75, 3.05) is 25.9 Å². The summed E-state index contributed by atoms with van der Waals surface area (Å²) in [7, 11) is -0.0245.